The molecular weight excluding hydrogens is 262 g/mol. The lowest BCUT2D eigenvalue weighted by atomic mass is 10.1. The van der Waals surface area contributed by atoms with Crippen molar-refractivity contribution in [2.75, 3.05) is 23.0 Å². The lowest BCUT2D eigenvalue weighted by Crippen LogP contribution is -2.33. The molecule has 19 heavy (non-hydrogen) atoms. The van der Waals surface area contributed by atoms with E-state index in [1.165, 1.54) is 5.56 Å². The number of fused-ring (bicyclic) bond motifs is 1. The molecule has 5 heteroatoms. The fourth-order valence-corrected chi connectivity index (χ4v) is 2.86. The Morgan fingerprint density at radius 3 is 2.79 bits per heavy atom. The van der Waals surface area contributed by atoms with E-state index in [4.69, 9.17) is 5.11 Å². The van der Waals surface area contributed by atoms with E-state index in [1.54, 1.807) is 4.90 Å². The molecule has 0 aromatic heterocycles. The van der Waals surface area contributed by atoms with Gasteiger partial charge in [0.05, 0.1) is 11.5 Å². The monoisotopic (exact) mass is 279 g/mol. The van der Waals surface area contributed by atoms with Gasteiger partial charge in [0, 0.05) is 12.2 Å². The van der Waals surface area contributed by atoms with Crippen LogP contribution in [0.25, 0.3) is 0 Å². The van der Waals surface area contributed by atoms with E-state index >= 15 is 0 Å². The second kappa shape index (κ2) is 6.61. The summed E-state index contributed by atoms with van der Waals surface area (Å²) >= 11 is 1.15. The van der Waals surface area contributed by atoms with Crippen LogP contribution in [0.15, 0.2) is 24.3 Å². The number of hydrogen-bond donors (Lipinski definition) is 1. The Morgan fingerprint density at radius 2 is 2.00 bits per heavy atom. The minimum Gasteiger partial charge on any atom is -0.481 e. The van der Waals surface area contributed by atoms with E-state index in [0.29, 0.717) is 0 Å². The first kappa shape index (κ1) is 13.9. The molecule has 0 saturated carbocycles. The molecule has 0 spiro atoms. The van der Waals surface area contributed by atoms with Gasteiger partial charge in [-0.3, -0.25) is 9.59 Å². The van der Waals surface area contributed by atoms with E-state index in [-0.39, 0.29) is 17.4 Å². The zero-order chi connectivity index (χ0) is 13.7. The molecule has 4 nitrogen and oxygen atoms in total. The van der Waals surface area contributed by atoms with Gasteiger partial charge in [-0.05, 0) is 30.9 Å². The molecule has 1 aliphatic rings. The third-order valence-corrected chi connectivity index (χ3v) is 4.01. The maximum atomic E-state index is 12.2. The van der Waals surface area contributed by atoms with Crippen LogP contribution in [0.4, 0.5) is 5.69 Å². The van der Waals surface area contributed by atoms with Crippen LogP contribution in [-0.2, 0) is 16.0 Å². The molecule has 2 rings (SSSR count). The summed E-state index contributed by atoms with van der Waals surface area (Å²) in [7, 11) is 0. The minimum atomic E-state index is -0.880. The average Bonchev–Trinajstić information content (AvgIpc) is 2.60. The zero-order valence-electron chi connectivity index (χ0n) is 10.7. The van der Waals surface area contributed by atoms with Crippen LogP contribution < -0.4 is 4.90 Å². The van der Waals surface area contributed by atoms with Crippen molar-refractivity contribution in [2.45, 2.75) is 19.3 Å². The van der Waals surface area contributed by atoms with Gasteiger partial charge >= 0.3 is 5.97 Å². The predicted molar refractivity (Wildman–Crippen MR) is 76.7 cm³/mol. The summed E-state index contributed by atoms with van der Waals surface area (Å²) in [6.07, 6.45) is 3.08. The molecular formula is C14H17NO3S. The standard InChI is InChI=1S/C14H17NO3S/c16-13(9-19-10-14(17)18)15-8-4-3-6-11-5-1-2-7-12(11)15/h1-2,5,7H,3-4,6,8-10H2,(H,17,18). The molecule has 0 fully saturated rings. The van der Waals surface area contributed by atoms with Crippen molar-refractivity contribution in [2.24, 2.45) is 0 Å². The van der Waals surface area contributed by atoms with Gasteiger partial charge in [-0.2, -0.15) is 0 Å². The third-order valence-electron chi connectivity index (χ3n) is 3.11. The van der Waals surface area contributed by atoms with Crippen molar-refractivity contribution in [3.05, 3.63) is 29.8 Å². The number of carbonyl (C=O) groups is 2. The van der Waals surface area contributed by atoms with E-state index in [2.05, 4.69) is 6.07 Å². The molecule has 1 aromatic rings. The Balaban J connectivity index is 2.06. The number of thioether (sulfide) groups is 1. The molecule has 0 atom stereocenters. The number of amides is 1. The van der Waals surface area contributed by atoms with Gasteiger partial charge in [0.2, 0.25) is 5.91 Å². The van der Waals surface area contributed by atoms with E-state index in [1.807, 2.05) is 18.2 Å². The van der Waals surface area contributed by atoms with Crippen molar-refractivity contribution < 1.29 is 14.7 Å². The largest absolute Gasteiger partial charge is 0.481 e. The molecule has 0 bridgehead atoms. The highest BCUT2D eigenvalue weighted by atomic mass is 32.2. The van der Waals surface area contributed by atoms with E-state index in [9.17, 15) is 9.59 Å². The predicted octanol–water partition coefficient (Wildman–Crippen LogP) is 2.17. The first-order chi connectivity index (χ1) is 9.18. The Kier molecular flexibility index (Phi) is 4.85. The fraction of sp³-hybridized carbons (Fsp3) is 0.429. The van der Waals surface area contributed by atoms with Gasteiger partial charge in [0.25, 0.3) is 0 Å². The van der Waals surface area contributed by atoms with Gasteiger partial charge in [-0.1, -0.05) is 18.2 Å². The van der Waals surface area contributed by atoms with Crippen LogP contribution in [0.1, 0.15) is 18.4 Å². The maximum absolute atomic E-state index is 12.2. The van der Waals surface area contributed by atoms with Crippen LogP contribution in [-0.4, -0.2) is 35.0 Å². The molecule has 0 radical (unpaired) electrons. The van der Waals surface area contributed by atoms with E-state index < -0.39 is 5.97 Å². The Labute approximate surface area is 116 Å². The average molecular weight is 279 g/mol. The summed E-state index contributed by atoms with van der Waals surface area (Å²) in [4.78, 5) is 24.5. The van der Waals surface area contributed by atoms with Crippen LogP contribution in [0.2, 0.25) is 0 Å². The highest BCUT2D eigenvalue weighted by Crippen LogP contribution is 2.26. The Bertz CT molecular complexity index is 476. The number of aliphatic carboxylic acids is 1. The van der Waals surface area contributed by atoms with Gasteiger partial charge in [-0.25, -0.2) is 0 Å². The molecule has 0 saturated heterocycles. The first-order valence-electron chi connectivity index (χ1n) is 6.36. The highest BCUT2D eigenvalue weighted by molar-refractivity contribution is 8.00. The number of carbonyl (C=O) groups excluding carboxylic acids is 1. The summed E-state index contributed by atoms with van der Waals surface area (Å²) in [5.41, 5.74) is 2.19. The summed E-state index contributed by atoms with van der Waals surface area (Å²) in [5.74, 6) is -0.684. The van der Waals surface area contributed by atoms with Crippen LogP contribution >= 0.6 is 11.8 Å². The number of anilines is 1. The van der Waals surface area contributed by atoms with Crippen LogP contribution in [0.5, 0.6) is 0 Å². The molecule has 1 aromatic carbocycles. The van der Waals surface area contributed by atoms with E-state index in [0.717, 1.165) is 43.3 Å². The van der Waals surface area contributed by atoms with Gasteiger partial charge in [0.1, 0.15) is 0 Å². The van der Waals surface area contributed by atoms with Gasteiger partial charge in [-0.15, -0.1) is 11.8 Å². The quantitative estimate of drug-likeness (QED) is 0.917. The number of rotatable bonds is 4. The molecule has 1 N–H and O–H groups in total. The van der Waals surface area contributed by atoms with Gasteiger partial charge in [0.15, 0.2) is 0 Å². The lowest BCUT2D eigenvalue weighted by molar-refractivity contribution is -0.133. The number of carboxylic acids is 1. The summed E-state index contributed by atoms with van der Waals surface area (Å²) in [6.45, 7) is 0.726. The van der Waals surface area contributed by atoms with Crippen molar-refractivity contribution in [3.8, 4) is 0 Å². The summed E-state index contributed by atoms with van der Waals surface area (Å²) in [5, 5.41) is 8.59. The van der Waals surface area contributed by atoms with Crippen molar-refractivity contribution in [1.82, 2.24) is 0 Å². The number of nitrogens with zero attached hydrogens (tertiary/aromatic N) is 1. The van der Waals surface area contributed by atoms with Crippen molar-refractivity contribution >= 4 is 29.3 Å². The number of aryl methyl sites for hydroxylation is 1. The number of para-hydroxylation sites is 1. The van der Waals surface area contributed by atoms with Crippen LogP contribution in [0, 0.1) is 0 Å². The normalized spacial score (nSPS) is 14.6. The molecule has 102 valence electrons. The third kappa shape index (κ3) is 3.73. The highest BCUT2D eigenvalue weighted by Gasteiger charge is 2.20. The molecule has 1 amide bonds. The Hall–Kier alpha value is -1.49. The molecule has 0 aliphatic carbocycles. The zero-order valence-corrected chi connectivity index (χ0v) is 11.5. The number of carboxylic acid groups (broad SMARTS) is 1. The van der Waals surface area contributed by atoms with Crippen molar-refractivity contribution in [1.29, 1.82) is 0 Å². The lowest BCUT2D eigenvalue weighted by Gasteiger charge is -2.22. The second-order valence-corrected chi connectivity index (χ2v) is 5.50. The molecule has 1 heterocycles. The van der Waals surface area contributed by atoms with Crippen LogP contribution in [0.3, 0.4) is 0 Å². The molecule has 1 aliphatic heterocycles. The Morgan fingerprint density at radius 1 is 1.21 bits per heavy atom. The minimum absolute atomic E-state index is 0.000556. The molecule has 0 unspecified atom stereocenters. The SMILES string of the molecule is O=C(O)CSCC(=O)N1CCCCc2ccccc21. The topological polar surface area (TPSA) is 57.6 Å². The smallest absolute Gasteiger partial charge is 0.313 e. The summed E-state index contributed by atoms with van der Waals surface area (Å²) < 4.78 is 0. The fourth-order valence-electron chi connectivity index (χ4n) is 2.25. The van der Waals surface area contributed by atoms with Crippen molar-refractivity contribution in [3.63, 3.8) is 0 Å². The summed E-state index contributed by atoms with van der Waals surface area (Å²) in [6, 6.07) is 7.96. The first-order valence-corrected chi connectivity index (χ1v) is 7.52. The second-order valence-electron chi connectivity index (χ2n) is 4.52. The number of benzene rings is 1. The maximum Gasteiger partial charge on any atom is 0.313 e. The van der Waals surface area contributed by atoms with Gasteiger partial charge < -0.3 is 10.0 Å². The number of hydrogen-bond acceptors (Lipinski definition) is 3.